The van der Waals surface area contributed by atoms with Gasteiger partial charge in [-0.05, 0) is 0 Å². The van der Waals surface area contributed by atoms with Gasteiger partial charge in [-0.3, -0.25) is 0 Å². The third-order valence-corrected chi connectivity index (χ3v) is 1.77. The van der Waals surface area contributed by atoms with E-state index in [1.807, 2.05) is 0 Å². The third-order valence-electron chi connectivity index (χ3n) is 0.879. The third kappa shape index (κ3) is 1.44. The average molecular weight is 157 g/mol. The Labute approximate surface area is 62.3 Å². The van der Waals surface area contributed by atoms with Crippen molar-refractivity contribution in [2.75, 3.05) is 7.11 Å². The van der Waals surface area contributed by atoms with Crippen molar-refractivity contribution in [1.82, 2.24) is 4.98 Å². The number of hydrogen-bond acceptors (Lipinski definition) is 5. The lowest BCUT2D eigenvalue weighted by atomic mass is 10.6. The van der Waals surface area contributed by atoms with Crippen LogP contribution in [0.5, 0.6) is 5.19 Å². The number of rotatable bonds is 2. The van der Waals surface area contributed by atoms with Crippen LogP contribution in [0.2, 0.25) is 0 Å². The molecule has 0 aliphatic rings. The minimum Gasteiger partial charge on any atom is -0.473 e. The summed E-state index contributed by atoms with van der Waals surface area (Å²) < 4.78 is 4.85. The maximum Gasteiger partial charge on any atom is 0.273 e. The Kier molecular flexibility index (Phi) is 2.22. The van der Waals surface area contributed by atoms with Gasteiger partial charge in [0, 0.05) is 0 Å². The summed E-state index contributed by atoms with van der Waals surface area (Å²) in [6, 6.07) is 0. The van der Waals surface area contributed by atoms with Crippen molar-refractivity contribution < 1.29 is 4.74 Å². The van der Waals surface area contributed by atoms with Gasteiger partial charge in [0.15, 0.2) is 0 Å². The fourth-order valence-corrected chi connectivity index (χ4v) is 1.11. The van der Waals surface area contributed by atoms with Gasteiger partial charge in [0.2, 0.25) is 0 Å². The molecule has 2 N–H and O–H groups in total. The minimum absolute atomic E-state index is 0.620. The van der Waals surface area contributed by atoms with E-state index in [1.54, 1.807) is 13.3 Å². The van der Waals surface area contributed by atoms with E-state index in [0.717, 1.165) is 4.88 Å². The van der Waals surface area contributed by atoms with Gasteiger partial charge in [0.05, 0.1) is 24.4 Å². The highest BCUT2D eigenvalue weighted by Gasteiger charge is 1.96. The Hall–Kier alpha value is -1.10. The van der Waals surface area contributed by atoms with Crippen LogP contribution in [-0.2, 0) is 0 Å². The molecule has 1 rings (SSSR count). The molecule has 0 bridgehead atoms. The lowest BCUT2D eigenvalue weighted by Crippen LogP contribution is -1.80. The van der Waals surface area contributed by atoms with Gasteiger partial charge in [-0.2, -0.15) is 5.10 Å². The van der Waals surface area contributed by atoms with Crippen LogP contribution in [-0.4, -0.2) is 18.3 Å². The summed E-state index contributed by atoms with van der Waals surface area (Å²) >= 11 is 1.39. The zero-order chi connectivity index (χ0) is 7.40. The van der Waals surface area contributed by atoms with Crippen molar-refractivity contribution in [3.05, 3.63) is 11.1 Å². The van der Waals surface area contributed by atoms with Gasteiger partial charge in [-0.25, -0.2) is 4.98 Å². The normalized spacial score (nSPS) is 10.5. The molecule has 1 aromatic heterocycles. The van der Waals surface area contributed by atoms with Crippen LogP contribution in [0.25, 0.3) is 0 Å². The van der Waals surface area contributed by atoms with Crippen molar-refractivity contribution in [2.45, 2.75) is 0 Å². The molecule has 0 amide bonds. The Morgan fingerprint density at radius 2 is 2.70 bits per heavy atom. The molecule has 54 valence electrons. The summed E-state index contributed by atoms with van der Waals surface area (Å²) in [5.41, 5.74) is 0. The second-order valence-electron chi connectivity index (χ2n) is 1.51. The summed E-state index contributed by atoms with van der Waals surface area (Å²) in [7, 11) is 1.57. The predicted molar refractivity (Wildman–Crippen MR) is 40.4 cm³/mol. The highest BCUT2D eigenvalue weighted by molar-refractivity contribution is 7.15. The molecule has 0 spiro atoms. The molecule has 0 fully saturated rings. The highest BCUT2D eigenvalue weighted by Crippen LogP contribution is 2.17. The van der Waals surface area contributed by atoms with Crippen molar-refractivity contribution in [3.8, 4) is 5.19 Å². The van der Waals surface area contributed by atoms with Gasteiger partial charge >= 0.3 is 0 Å². The first kappa shape index (κ1) is 7.01. The number of aromatic nitrogens is 1. The number of ether oxygens (including phenoxy) is 1. The molecule has 0 aromatic carbocycles. The Bertz CT molecular complexity index is 233. The second kappa shape index (κ2) is 3.17. The molecule has 0 aliphatic carbocycles. The number of methoxy groups -OCH3 is 1. The molecule has 0 saturated heterocycles. The summed E-state index contributed by atoms with van der Waals surface area (Å²) in [6.07, 6.45) is 3.18. The van der Waals surface area contributed by atoms with Gasteiger partial charge in [-0.15, -0.1) is 0 Å². The first-order chi connectivity index (χ1) is 4.86. The first-order valence-electron chi connectivity index (χ1n) is 2.60. The van der Waals surface area contributed by atoms with Crippen molar-refractivity contribution in [2.24, 2.45) is 10.9 Å². The van der Waals surface area contributed by atoms with Gasteiger partial charge in [0.25, 0.3) is 5.19 Å². The summed E-state index contributed by atoms with van der Waals surface area (Å²) in [4.78, 5) is 4.79. The minimum atomic E-state index is 0.620. The molecular formula is C5H7N3OS. The number of hydrogen-bond donors (Lipinski definition) is 1. The van der Waals surface area contributed by atoms with E-state index >= 15 is 0 Å². The lowest BCUT2D eigenvalue weighted by molar-refractivity contribution is 0.412. The van der Waals surface area contributed by atoms with Crippen molar-refractivity contribution >= 4 is 17.6 Å². The van der Waals surface area contributed by atoms with Crippen molar-refractivity contribution in [3.63, 3.8) is 0 Å². The number of hydrazone groups is 1. The molecule has 4 nitrogen and oxygen atoms in total. The SMILES string of the molecule is COc1ncc(/C=N/N)s1. The molecule has 10 heavy (non-hydrogen) atoms. The monoisotopic (exact) mass is 157 g/mol. The first-order valence-corrected chi connectivity index (χ1v) is 3.41. The fourth-order valence-electron chi connectivity index (χ4n) is 0.497. The van der Waals surface area contributed by atoms with E-state index < -0.39 is 0 Å². The largest absolute Gasteiger partial charge is 0.473 e. The van der Waals surface area contributed by atoms with E-state index in [4.69, 9.17) is 10.6 Å². The van der Waals surface area contributed by atoms with Crippen LogP contribution in [0, 0.1) is 0 Å². The Morgan fingerprint density at radius 1 is 1.90 bits per heavy atom. The highest BCUT2D eigenvalue weighted by atomic mass is 32.1. The zero-order valence-electron chi connectivity index (χ0n) is 5.44. The maximum atomic E-state index is 4.92. The Balaban J connectivity index is 2.78. The standard InChI is InChI=1S/C5H7N3OS/c1-9-5-7-2-4(10-5)3-8-6/h2-3H,6H2,1H3/b8-3+. The smallest absolute Gasteiger partial charge is 0.273 e. The quantitative estimate of drug-likeness (QED) is 0.385. The number of thiazole rings is 1. The number of nitrogens with zero attached hydrogens (tertiary/aromatic N) is 2. The fraction of sp³-hybridized carbons (Fsp3) is 0.200. The van der Waals surface area contributed by atoms with E-state index in [-0.39, 0.29) is 0 Å². The second-order valence-corrected chi connectivity index (χ2v) is 2.54. The molecule has 0 aliphatic heterocycles. The van der Waals surface area contributed by atoms with Gasteiger partial charge in [-0.1, -0.05) is 11.3 Å². The average Bonchev–Trinajstić information content (AvgIpc) is 2.37. The summed E-state index contributed by atoms with van der Waals surface area (Å²) in [5, 5.41) is 3.96. The molecule has 0 saturated carbocycles. The summed E-state index contributed by atoms with van der Waals surface area (Å²) in [5.74, 6) is 4.92. The molecule has 0 radical (unpaired) electrons. The summed E-state index contributed by atoms with van der Waals surface area (Å²) in [6.45, 7) is 0. The van der Waals surface area contributed by atoms with Crippen molar-refractivity contribution in [1.29, 1.82) is 0 Å². The van der Waals surface area contributed by atoms with E-state index in [9.17, 15) is 0 Å². The molecular weight excluding hydrogens is 150 g/mol. The molecule has 1 aromatic rings. The molecule has 5 heteroatoms. The van der Waals surface area contributed by atoms with Crippen LogP contribution < -0.4 is 10.6 Å². The topological polar surface area (TPSA) is 60.5 Å². The van der Waals surface area contributed by atoms with E-state index in [1.165, 1.54) is 17.6 Å². The number of nitrogens with two attached hydrogens (primary N) is 1. The van der Waals surface area contributed by atoms with Crippen LogP contribution in [0.1, 0.15) is 4.88 Å². The predicted octanol–water partition coefficient (Wildman–Crippen LogP) is 0.444. The zero-order valence-corrected chi connectivity index (χ0v) is 6.26. The van der Waals surface area contributed by atoms with Crippen LogP contribution >= 0.6 is 11.3 Å². The van der Waals surface area contributed by atoms with E-state index in [2.05, 4.69) is 10.1 Å². The Morgan fingerprint density at radius 3 is 3.20 bits per heavy atom. The molecule has 0 unspecified atom stereocenters. The maximum absolute atomic E-state index is 4.92. The van der Waals surface area contributed by atoms with Gasteiger partial charge in [0.1, 0.15) is 0 Å². The molecule has 1 heterocycles. The lowest BCUT2D eigenvalue weighted by Gasteiger charge is -1.85. The van der Waals surface area contributed by atoms with Crippen LogP contribution in [0.4, 0.5) is 0 Å². The van der Waals surface area contributed by atoms with Crippen LogP contribution in [0.3, 0.4) is 0 Å². The van der Waals surface area contributed by atoms with E-state index in [0.29, 0.717) is 5.19 Å². The van der Waals surface area contributed by atoms with Gasteiger partial charge < -0.3 is 10.6 Å². The van der Waals surface area contributed by atoms with Crippen LogP contribution in [0.15, 0.2) is 11.3 Å². The molecule has 0 atom stereocenters.